The molecule has 3 rings (SSSR count). The Hall–Kier alpha value is -3.61. The van der Waals surface area contributed by atoms with E-state index in [4.69, 9.17) is 9.26 Å². The molecule has 144 valence electrons. The number of amides is 2. The van der Waals surface area contributed by atoms with Crippen molar-refractivity contribution in [2.45, 2.75) is 27.4 Å². The number of nitrogens with zero attached hydrogens (tertiary/aromatic N) is 1. The van der Waals surface area contributed by atoms with Crippen molar-refractivity contribution in [3.05, 3.63) is 71.1 Å². The fraction of sp³-hybridized carbons (Fsp3) is 0.190. The highest BCUT2D eigenvalue weighted by Gasteiger charge is 2.10. The highest BCUT2D eigenvalue weighted by Crippen LogP contribution is 2.19. The first-order valence-corrected chi connectivity index (χ1v) is 8.76. The Morgan fingerprint density at radius 2 is 1.57 bits per heavy atom. The predicted molar refractivity (Wildman–Crippen MR) is 105 cm³/mol. The largest absolute Gasteiger partial charge is 0.489 e. The summed E-state index contributed by atoms with van der Waals surface area (Å²) in [7, 11) is 0. The van der Waals surface area contributed by atoms with Crippen LogP contribution in [0.4, 0.5) is 11.4 Å². The normalized spacial score (nSPS) is 10.4. The number of carbonyl (C=O) groups is 2. The van der Waals surface area contributed by atoms with Gasteiger partial charge in [-0.15, -0.1) is 0 Å². The van der Waals surface area contributed by atoms with Crippen LogP contribution in [0.15, 0.2) is 53.1 Å². The van der Waals surface area contributed by atoms with E-state index in [0.29, 0.717) is 29.3 Å². The molecule has 0 unspecified atom stereocenters. The van der Waals surface area contributed by atoms with Crippen LogP contribution in [-0.4, -0.2) is 17.0 Å². The van der Waals surface area contributed by atoms with Crippen LogP contribution in [0.3, 0.4) is 0 Å². The molecule has 0 aliphatic rings. The van der Waals surface area contributed by atoms with E-state index >= 15 is 0 Å². The lowest BCUT2D eigenvalue weighted by atomic mass is 10.2. The summed E-state index contributed by atoms with van der Waals surface area (Å²) in [6.45, 7) is 5.50. The van der Waals surface area contributed by atoms with Gasteiger partial charge in [0.1, 0.15) is 18.1 Å². The number of rotatable bonds is 6. The van der Waals surface area contributed by atoms with Gasteiger partial charge in [-0.05, 0) is 62.4 Å². The molecule has 0 aliphatic carbocycles. The molecule has 0 aliphatic heterocycles. The van der Waals surface area contributed by atoms with Crippen molar-refractivity contribution in [3.8, 4) is 5.75 Å². The van der Waals surface area contributed by atoms with Gasteiger partial charge in [0.2, 0.25) is 5.91 Å². The summed E-state index contributed by atoms with van der Waals surface area (Å²) >= 11 is 0. The standard InChI is InChI=1S/C21H21N3O4/c1-13-20(14(2)28-24-13)12-27-19-10-4-16(5-11-19)21(26)23-18-8-6-17(7-9-18)22-15(3)25/h4-11H,12H2,1-3H3,(H,22,25)(H,23,26). The highest BCUT2D eigenvalue weighted by molar-refractivity contribution is 6.04. The molecule has 28 heavy (non-hydrogen) atoms. The lowest BCUT2D eigenvalue weighted by Crippen LogP contribution is -2.12. The number of anilines is 2. The molecule has 1 aromatic heterocycles. The quantitative estimate of drug-likeness (QED) is 0.673. The van der Waals surface area contributed by atoms with Gasteiger partial charge in [-0.3, -0.25) is 9.59 Å². The molecule has 0 spiro atoms. The molecule has 2 amide bonds. The highest BCUT2D eigenvalue weighted by atomic mass is 16.5. The van der Waals surface area contributed by atoms with Crippen LogP contribution in [-0.2, 0) is 11.4 Å². The molecule has 0 fully saturated rings. The van der Waals surface area contributed by atoms with Crippen LogP contribution in [0.1, 0.15) is 34.3 Å². The number of aryl methyl sites for hydroxylation is 2. The maximum absolute atomic E-state index is 12.4. The Kier molecular flexibility index (Phi) is 5.74. The van der Waals surface area contributed by atoms with Gasteiger partial charge in [0.15, 0.2) is 0 Å². The van der Waals surface area contributed by atoms with E-state index < -0.39 is 0 Å². The molecule has 3 aromatic rings. The van der Waals surface area contributed by atoms with Gasteiger partial charge in [0.25, 0.3) is 5.91 Å². The van der Waals surface area contributed by atoms with Gasteiger partial charge in [-0.2, -0.15) is 0 Å². The van der Waals surface area contributed by atoms with Gasteiger partial charge >= 0.3 is 0 Å². The van der Waals surface area contributed by atoms with Crippen LogP contribution >= 0.6 is 0 Å². The molecule has 2 N–H and O–H groups in total. The van der Waals surface area contributed by atoms with Gasteiger partial charge in [0, 0.05) is 23.9 Å². The number of ether oxygens (including phenoxy) is 1. The summed E-state index contributed by atoms with van der Waals surface area (Å²) in [6, 6.07) is 13.8. The minimum absolute atomic E-state index is 0.145. The predicted octanol–water partition coefficient (Wildman–Crippen LogP) is 4.08. The Balaban J connectivity index is 1.58. The van der Waals surface area contributed by atoms with Crippen LogP contribution in [0.25, 0.3) is 0 Å². The first-order valence-electron chi connectivity index (χ1n) is 8.76. The second-order valence-electron chi connectivity index (χ2n) is 6.33. The van der Waals surface area contributed by atoms with Crippen molar-refractivity contribution in [2.75, 3.05) is 10.6 Å². The molecule has 0 saturated heterocycles. The first-order chi connectivity index (χ1) is 13.4. The van der Waals surface area contributed by atoms with Gasteiger partial charge in [-0.25, -0.2) is 0 Å². The lowest BCUT2D eigenvalue weighted by Gasteiger charge is -2.09. The van der Waals surface area contributed by atoms with Gasteiger partial charge in [0.05, 0.1) is 11.3 Å². The van der Waals surface area contributed by atoms with E-state index in [-0.39, 0.29) is 11.8 Å². The van der Waals surface area contributed by atoms with Gasteiger partial charge in [-0.1, -0.05) is 5.16 Å². The number of carbonyl (C=O) groups excluding carboxylic acids is 2. The van der Waals surface area contributed by atoms with Crippen molar-refractivity contribution in [2.24, 2.45) is 0 Å². The molecule has 0 radical (unpaired) electrons. The molecule has 7 heteroatoms. The molecular formula is C21H21N3O4. The summed E-state index contributed by atoms with van der Waals surface area (Å²) < 4.78 is 10.9. The zero-order valence-corrected chi connectivity index (χ0v) is 15.9. The van der Waals surface area contributed by atoms with E-state index in [9.17, 15) is 9.59 Å². The van der Waals surface area contributed by atoms with Crippen molar-refractivity contribution >= 4 is 23.2 Å². The van der Waals surface area contributed by atoms with Crippen LogP contribution in [0, 0.1) is 13.8 Å². The molecular weight excluding hydrogens is 358 g/mol. The maximum atomic E-state index is 12.4. The summed E-state index contributed by atoms with van der Waals surface area (Å²) in [5, 5.41) is 9.39. The third kappa shape index (κ3) is 4.76. The summed E-state index contributed by atoms with van der Waals surface area (Å²) in [6.07, 6.45) is 0. The number of hydrogen-bond donors (Lipinski definition) is 2. The minimum atomic E-state index is -0.232. The molecule has 0 atom stereocenters. The molecule has 7 nitrogen and oxygen atoms in total. The molecule has 0 bridgehead atoms. The van der Waals surface area contributed by atoms with Crippen molar-refractivity contribution in [3.63, 3.8) is 0 Å². The zero-order chi connectivity index (χ0) is 20.1. The lowest BCUT2D eigenvalue weighted by molar-refractivity contribution is -0.114. The average molecular weight is 379 g/mol. The minimum Gasteiger partial charge on any atom is -0.489 e. The Morgan fingerprint density at radius 3 is 2.11 bits per heavy atom. The fourth-order valence-corrected chi connectivity index (χ4v) is 2.61. The van der Waals surface area contributed by atoms with Gasteiger partial charge < -0.3 is 19.9 Å². The monoisotopic (exact) mass is 379 g/mol. The Morgan fingerprint density at radius 1 is 0.964 bits per heavy atom. The average Bonchev–Trinajstić information content (AvgIpc) is 2.99. The van der Waals surface area contributed by atoms with Crippen molar-refractivity contribution in [1.29, 1.82) is 0 Å². The zero-order valence-electron chi connectivity index (χ0n) is 15.9. The molecule has 0 saturated carbocycles. The Labute approximate surface area is 162 Å². The summed E-state index contributed by atoms with van der Waals surface area (Å²) in [4.78, 5) is 23.4. The van der Waals surface area contributed by atoms with Crippen LogP contribution in [0.2, 0.25) is 0 Å². The second kappa shape index (κ2) is 8.39. The van der Waals surface area contributed by atoms with E-state index in [1.165, 1.54) is 6.92 Å². The first kappa shape index (κ1) is 19.2. The maximum Gasteiger partial charge on any atom is 0.255 e. The van der Waals surface area contributed by atoms with E-state index in [1.807, 2.05) is 13.8 Å². The van der Waals surface area contributed by atoms with Crippen LogP contribution in [0.5, 0.6) is 5.75 Å². The van der Waals surface area contributed by atoms with Crippen molar-refractivity contribution in [1.82, 2.24) is 5.16 Å². The summed E-state index contributed by atoms with van der Waals surface area (Å²) in [5.41, 5.74) is 3.54. The third-order valence-electron chi connectivity index (χ3n) is 4.14. The topological polar surface area (TPSA) is 93.5 Å². The number of aromatic nitrogens is 1. The molecule has 2 aromatic carbocycles. The number of nitrogens with one attached hydrogen (secondary N) is 2. The smallest absolute Gasteiger partial charge is 0.255 e. The number of hydrogen-bond acceptors (Lipinski definition) is 5. The number of benzene rings is 2. The SMILES string of the molecule is CC(=O)Nc1ccc(NC(=O)c2ccc(OCc3c(C)noc3C)cc2)cc1. The summed E-state index contributed by atoms with van der Waals surface area (Å²) in [5.74, 6) is 1.01. The second-order valence-corrected chi connectivity index (χ2v) is 6.33. The molecule has 1 heterocycles. The van der Waals surface area contributed by atoms with Crippen LogP contribution < -0.4 is 15.4 Å². The van der Waals surface area contributed by atoms with E-state index in [0.717, 1.165) is 17.0 Å². The van der Waals surface area contributed by atoms with E-state index in [1.54, 1.807) is 48.5 Å². The third-order valence-corrected chi connectivity index (χ3v) is 4.14. The van der Waals surface area contributed by atoms with E-state index in [2.05, 4.69) is 15.8 Å². The fourth-order valence-electron chi connectivity index (χ4n) is 2.61. The Bertz CT molecular complexity index is 956. The van der Waals surface area contributed by atoms with Crippen molar-refractivity contribution < 1.29 is 18.8 Å².